The van der Waals surface area contributed by atoms with E-state index in [0.29, 0.717) is 30.9 Å². The van der Waals surface area contributed by atoms with E-state index in [4.69, 9.17) is 15.3 Å². The van der Waals surface area contributed by atoms with Crippen LogP contribution in [-0.2, 0) is 19.2 Å². The number of carbonyl (C=O) groups excluding carboxylic acids is 2. The molecular weight excluding hydrogens is 356 g/mol. The zero-order valence-corrected chi connectivity index (χ0v) is 16.9. The molecule has 1 aromatic carbocycles. The highest BCUT2D eigenvalue weighted by molar-refractivity contribution is 6.19. The van der Waals surface area contributed by atoms with Crippen molar-refractivity contribution in [2.45, 2.75) is 58.7 Å². The van der Waals surface area contributed by atoms with Gasteiger partial charge in [-0.3, -0.25) is 9.59 Å². The summed E-state index contributed by atoms with van der Waals surface area (Å²) in [5.74, 6) is -0.407. The van der Waals surface area contributed by atoms with Crippen LogP contribution in [0.15, 0.2) is 36.4 Å². The van der Waals surface area contributed by atoms with Crippen molar-refractivity contribution in [1.82, 2.24) is 5.48 Å². The molecule has 0 saturated carbocycles. The summed E-state index contributed by atoms with van der Waals surface area (Å²) in [6.07, 6.45) is 6.19. The normalized spacial score (nSPS) is 18.7. The van der Waals surface area contributed by atoms with Gasteiger partial charge in [-0.2, -0.15) is 0 Å². The molecule has 6 nitrogen and oxygen atoms in total. The number of benzene rings is 1. The van der Waals surface area contributed by atoms with Crippen molar-refractivity contribution < 1.29 is 19.2 Å². The van der Waals surface area contributed by atoms with E-state index in [1.807, 2.05) is 36.4 Å². The molecule has 0 aliphatic carbocycles. The number of primary amides is 1. The van der Waals surface area contributed by atoms with E-state index in [1.165, 1.54) is 0 Å². The summed E-state index contributed by atoms with van der Waals surface area (Å²) < 4.78 is 5.48. The molecule has 28 heavy (non-hydrogen) atoms. The molecule has 0 radical (unpaired) electrons. The van der Waals surface area contributed by atoms with Gasteiger partial charge in [-0.25, -0.2) is 10.3 Å². The van der Waals surface area contributed by atoms with Crippen LogP contribution in [0.1, 0.15) is 57.9 Å². The van der Waals surface area contributed by atoms with Crippen LogP contribution in [0.4, 0.5) is 0 Å². The lowest BCUT2D eigenvalue weighted by Crippen LogP contribution is -2.33. The Morgan fingerprint density at radius 2 is 2.04 bits per heavy atom. The molecule has 154 valence electrons. The van der Waals surface area contributed by atoms with E-state index in [2.05, 4.69) is 19.3 Å². The molecule has 0 bridgehead atoms. The van der Waals surface area contributed by atoms with Gasteiger partial charge in [-0.1, -0.05) is 50.3 Å². The molecule has 1 heterocycles. The van der Waals surface area contributed by atoms with Crippen LogP contribution in [-0.4, -0.2) is 24.7 Å². The lowest BCUT2D eigenvalue weighted by molar-refractivity contribution is -0.198. The second kappa shape index (κ2) is 11.6. The molecule has 2 rings (SSSR count). The zero-order valence-electron chi connectivity index (χ0n) is 16.9. The van der Waals surface area contributed by atoms with E-state index in [-0.39, 0.29) is 17.7 Å². The van der Waals surface area contributed by atoms with E-state index in [0.717, 1.165) is 31.2 Å². The fourth-order valence-corrected chi connectivity index (χ4v) is 3.31. The number of hydrogen-bond donors (Lipinski definition) is 2. The van der Waals surface area contributed by atoms with Crippen LogP contribution in [0.25, 0.3) is 5.57 Å². The van der Waals surface area contributed by atoms with E-state index in [1.54, 1.807) is 0 Å². The van der Waals surface area contributed by atoms with Gasteiger partial charge in [-0.05, 0) is 43.6 Å². The first-order valence-corrected chi connectivity index (χ1v) is 10.1. The minimum Gasteiger partial charge on any atom is -0.369 e. The molecule has 3 N–H and O–H groups in total. The van der Waals surface area contributed by atoms with Crippen LogP contribution in [0.2, 0.25) is 0 Å². The number of ether oxygens (including phenoxy) is 1. The number of nitrogens with one attached hydrogen (secondary N) is 1. The third kappa shape index (κ3) is 7.44. The Kier molecular flexibility index (Phi) is 9.17. The first-order chi connectivity index (χ1) is 13.5. The molecule has 2 amide bonds. The SMILES string of the molecule is CC(C)C[C@H](CCC=C(C(=O)NOC1CCCCO1)c1ccccc1)C(N)=O. The first-order valence-electron chi connectivity index (χ1n) is 10.1. The quantitative estimate of drug-likeness (QED) is 0.473. The van der Waals surface area contributed by atoms with Crippen LogP contribution in [0, 0.1) is 11.8 Å². The highest BCUT2D eigenvalue weighted by atomic mass is 16.8. The number of allylic oxidation sites excluding steroid dienone is 1. The van der Waals surface area contributed by atoms with Crippen molar-refractivity contribution in [2.75, 3.05) is 6.61 Å². The van der Waals surface area contributed by atoms with Crippen LogP contribution < -0.4 is 11.2 Å². The smallest absolute Gasteiger partial charge is 0.275 e. The fourth-order valence-electron chi connectivity index (χ4n) is 3.31. The lowest BCUT2D eigenvalue weighted by Gasteiger charge is -2.22. The summed E-state index contributed by atoms with van der Waals surface area (Å²) in [6.45, 7) is 4.78. The Morgan fingerprint density at radius 1 is 1.29 bits per heavy atom. The summed E-state index contributed by atoms with van der Waals surface area (Å²) in [5, 5.41) is 0. The first kappa shape index (κ1) is 22.1. The maximum absolute atomic E-state index is 12.7. The molecule has 0 spiro atoms. The van der Waals surface area contributed by atoms with Gasteiger partial charge in [-0.15, -0.1) is 0 Å². The third-order valence-corrected chi connectivity index (χ3v) is 4.77. The summed E-state index contributed by atoms with van der Waals surface area (Å²) in [4.78, 5) is 29.8. The standard InChI is InChI=1S/C22H32N2O4/c1-16(2)15-18(21(23)25)11-8-12-19(17-9-4-3-5-10-17)22(26)24-28-20-13-6-7-14-27-20/h3-5,9-10,12,16,18,20H,6-8,11,13-15H2,1-2H3,(H2,23,25)(H,24,26)/t18-,20?/m0/s1. The van der Waals surface area contributed by atoms with Gasteiger partial charge in [0.15, 0.2) is 6.29 Å². The van der Waals surface area contributed by atoms with E-state index < -0.39 is 6.29 Å². The second-order valence-corrected chi connectivity index (χ2v) is 7.64. The van der Waals surface area contributed by atoms with Crippen molar-refractivity contribution in [3.8, 4) is 0 Å². The maximum Gasteiger partial charge on any atom is 0.275 e. The summed E-state index contributed by atoms with van der Waals surface area (Å²) in [7, 11) is 0. The number of carbonyl (C=O) groups is 2. The van der Waals surface area contributed by atoms with Gasteiger partial charge in [0.2, 0.25) is 5.91 Å². The zero-order chi connectivity index (χ0) is 20.4. The Labute approximate surface area is 167 Å². The second-order valence-electron chi connectivity index (χ2n) is 7.64. The minimum absolute atomic E-state index is 0.191. The summed E-state index contributed by atoms with van der Waals surface area (Å²) in [5.41, 5.74) is 9.37. The van der Waals surface area contributed by atoms with Crippen molar-refractivity contribution in [3.63, 3.8) is 0 Å². The highest BCUT2D eigenvalue weighted by Gasteiger charge is 2.19. The molecule has 1 unspecified atom stereocenters. The highest BCUT2D eigenvalue weighted by Crippen LogP contribution is 2.21. The van der Waals surface area contributed by atoms with Crippen molar-refractivity contribution in [3.05, 3.63) is 42.0 Å². The molecule has 1 aliphatic rings. The molecule has 1 aliphatic heterocycles. The van der Waals surface area contributed by atoms with Gasteiger partial charge in [0.05, 0.1) is 0 Å². The van der Waals surface area contributed by atoms with Crippen molar-refractivity contribution in [2.24, 2.45) is 17.6 Å². The number of hydrogen-bond acceptors (Lipinski definition) is 4. The van der Waals surface area contributed by atoms with E-state index >= 15 is 0 Å². The molecule has 1 aromatic rings. The largest absolute Gasteiger partial charge is 0.369 e. The number of amides is 2. The predicted octanol–water partition coefficient (Wildman–Crippen LogP) is 3.57. The Morgan fingerprint density at radius 3 is 2.64 bits per heavy atom. The molecule has 0 aromatic heterocycles. The average Bonchev–Trinajstić information content (AvgIpc) is 2.69. The van der Waals surface area contributed by atoms with Gasteiger partial charge < -0.3 is 10.5 Å². The summed E-state index contributed by atoms with van der Waals surface area (Å²) in [6, 6.07) is 9.42. The maximum atomic E-state index is 12.7. The minimum atomic E-state index is -0.403. The fraction of sp³-hybridized carbons (Fsp3) is 0.545. The Balaban J connectivity index is 2.02. The molecule has 6 heteroatoms. The van der Waals surface area contributed by atoms with Crippen molar-refractivity contribution >= 4 is 17.4 Å². The lowest BCUT2D eigenvalue weighted by atomic mass is 9.91. The van der Waals surface area contributed by atoms with E-state index in [9.17, 15) is 9.59 Å². The number of nitrogens with two attached hydrogens (primary N) is 1. The molecule has 1 saturated heterocycles. The van der Waals surface area contributed by atoms with Gasteiger partial charge in [0.1, 0.15) is 0 Å². The Hall–Kier alpha value is -2.18. The Bertz CT molecular complexity index is 652. The van der Waals surface area contributed by atoms with Crippen LogP contribution >= 0.6 is 0 Å². The summed E-state index contributed by atoms with van der Waals surface area (Å²) >= 11 is 0. The van der Waals surface area contributed by atoms with Crippen LogP contribution in [0.3, 0.4) is 0 Å². The topological polar surface area (TPSA) is 90.7 Å². The molecule has 1 fully saturated rings. The number of rotatable bonds is 10. The van der Waals surface area contributed by atoms with Crippen LogP contribution in [0.5, 0.6) is 0 Å². The number of hydroxylamine groups is 1. The van der Waals surface area contributed by atoms with Crippen molar-refractivity contribution in [1.29, 1.82) is 0 Å². The average molecular weight is 389 g/mol. The van der Waals surface area contributed by atoms with Gasteiger partial charge in [0, 0.05) is 24.5 Å². The third-order valence-electron chi connectivity index (χ3n) is 4.77. The molecular formula is C22H32N2O4. The van der Waals surface area contributed by atoms with Gasteiger partial charge >= 0.3 is 0 Å². The molecule has 2 atom stereocenters. The predicted molar refractivity (Wildman–Crippen MR) is 109 cm³/mol. The monoisotopic (exact) mass is 388 g/mol. The van der Waals surface area contributed by atoms with Gasteiger partial charge in [0.25, 0.3) is 5.91 Å².